The lowest BCUT2D eigenvalue weighted by Crippen LogP contribution is -2.42. The molecular formula is C13H22ClN3O2. The lowest BCUT2D eigenvalue weighted by molar-refractivity contribution is 0.133. The van der Waals surface area contributed by atoms with Crippen LogP contribution < -0.4 is 10.9 Å². The zero-order chi connectivity index (χ0) is 14.8. The van der Waals surface area contributed by atoms with E-state index in [1.807, 2.05) is 27.7 Å². The summed E-state index contributed by atoms with van der Waals surface area (Å²) >= 11 is 6.08. The largest absolute Gasteiger partial charge is 0.391 e. The highest BCUT2D eigenvalue weighted by molar-refractivity contribution is 6.32. The van der Waals surface area contributed by atoms with Crippen molar-refractivity contribution in [3.8, 4) is 0 Å². The van der Waals surface area contributed by atoms with E-state index in [1.54, 1.807) is 6.92 Å². The minimum Gasteiger partial charge on any atom is -0.391 e. The van der Waals surface area contributed by atoms with E-state index in [2.05, 4.69) is 10.4 Å². The molecule has 0 bridgehead atoms. The van der Waals surface area contributed by atoms with E-state index >= 15 is 0 Å². The van der Waals surface area contributed by atoms with Gasteiger partial charge in [0.25, 0.3) is 5.56 Å². The van der Waals surface area contributed by atoms with E-state index in [-0.39, 0.29) is 10.6 Å². The molecule has 108 valence electrons. The topological polar surface area (TPSA) is 67.2 Å². The van der Waals surface area contributed by atoms with Crippen LogP contribution >= 0.6 is 11.6 Å². The number of hydrogen-bond donors (Lipinski definition) is 2. The molecule has 0 aliphatic heterocycles. The molecule has 5 nitrogen and oxygen atoms in total. The Morgan fingerprint density at radius 3 is 2.53 bits per heavy atom. The van der Waals surface area contributed by atoms with E-state index in [0.29, 0.717) is 18.2 Å². The molecule has 0 saturated carbocycles. The lowest BCUT2D eigenvalue weighted by Gasteiger charge is -2.30. The van der Waals surface area contributed by atoms with Crippen LogP contribution in [-0.4, -0.2) is 26.5 Å². The van der Waals surface area contributed by atoms with E-state index in [1.165, 1.54) is 10.9 Å². The third-order valence-corrected chi connectivity index (χ3v) is 3.39. The van der Waals surface area contributed by atoms with Crippen LogP contribution in [0.4, 0.5) is 5.69 Å². The first kappa shape index (κ1) is 16.0. The van der Waals surface area contributed by atoms with E-state index in [0.717, 1.165) is 0 Å². The zero-order valence-corrected chi connectivity index (χ0v) is 12.8. The highest BCUT2D eigenvalue weighted by Gasteiger charge is 2.25. The minimum absolute atomic E-state index is 0.101. The average molecular weight is 288 g/mol. The van der Waals surface area contributed by atoms with Crippen molar-refractivity contribution in [3.05, 3.63) is 21.6 Å². The fourth-order valence-electron chi connectivity index (χ4n) is 1.48. The summed E-state index contributed by atoms with van der Waals surface area (Å²) in [6.45, 7) is 9.86. The van der Waals surface area contributed by atoms with Gasteiger partial charge in [-0.15, -0.1) is 0 Å². The number of aromatic nitrogens is 2. The van der Waals surface area contributed by atoms with Gasteiger partial charge in [-0.2, -0.15) is 5.10 Å². The number of aliphatic hydroxyl groups is 1. The average Bonchev–Trinajstić information content (AvgIpc) is 2.28. The van der Waals surface area contributed by atoms with Crippen molar-refractivity contribution in [2.45, 2.75) is 52.8 Å². The third kappa shape index (κ3) is 3.94. The molecular weight excluding hydrogens is 266 g/mol. The first-order chi connectivity index (χ1) is 8.65. The molecule has 1 aromatic heterocycles. The van der Waals surface area contributed by atoms with Crippen LogP contribution in [0.3, 0.4) is 0 Å². The van der Waals surface area contributed by atoms with Gasteiger partial charge in [0.1, 0.15) is 5.02 Å². The third-order valence-electron chi connectivity index (χ3n) is 3.02. The summed E-state index contributed by atoms with van der Waals surface area (Å²) in [5.41, 5.74) is -0.471. The molecule has 0 aliphatic carbocycles. The molecule has 0 radical (unpaired) electrons. The molecule has 0 fully saturated rings. The monoisotopic (exact) mass is 287 g/mol. The van der Waals surface area contributed by atoms with E-state index in [9.17, 15) is 9.90 Å². The zero-order valence-electron chi connectivity index (χ0n) is 12.1. The maximum atomic E-state index is 12.0. The second-order valence-electron chi connectivity index (χ2n) is 5.78. The Bertz CT molecular complexity index is 495. The first-order valence-corrected chi connectivity index (χ1v) is 6.74. The van der Waals surface area contributed by atoms with E-state index < -0.39 is 11.6 Å². The van der Waals surface area contributed by atoms with Gasteiger partial charge in [0, 0.05) is 6.54 Å². The van der Waals surface area contributed by atoms with Crippen molar-refractivity contribution in [2.24, 2.45) is 5.92 Å². The molecule has 0 aliphatic rings. The van der Waals surface area contributed by atoms with Crippen molar-refractivity contribution in [1.82, 2.24) is 9.78 Å². The Morgan fingerprint density at radius 1 is 1.47 bits per heavy atom. The van der Waals surface area contributed by atoms with Crippen LogP contribution in [-0.2, 0) is 6.54 Å². The molecule has 0 aromatic carbocycles. The standard InChI is InChI=1S/C13H22ClN3O2/c1-8(2)7-17-12(19)11(14)10(6-15-17)16-13(4,5)9(3)18/h6,8-9,16,18H,7H2,1-5H3. The van der Waals surface area contributed by atoms with E-state index in [4.69, 9.17) is 11.6 Å². The minimum atomic E-state index is -0.596. The van der Waals surface area contributed by atoms with Crippen LogP contribution in [0.5, 0.6) is 0 Å². The molecule has 1 unspecified atom stereocenters. The van der Waals surface area contributed by atoms with Crippen LogP contribution in [0.25, 0.3) is 0 Å². The summed E-state index contributed by atoms with van der Waals surface area (Å²) < 4.78 is 1.35. The van der Waals surface area contributed by atoms with Gasteiger partial charge in [-0.1, -0.05) is 25.4 Å². The molecule has 1 aromatic rings. The molecule has 1 rings (SSSR count). The summed E-state index contributed by atoms with van der Waals surface area (Å²) in [5.74, 6) is 0.314. The highest BCUT2D eigenvalue weighted by Crippen LogP contribution is 2.22. The highest BCUT2D eigenvalue weighted by atomic mass is 35.5. The number of nitrogens with zero attached hydrogens (tertiary/aromatic N) is 2. The van der Waals surface area contributed by atoms with Gasteiger partial charge in [-0.25, -0.2) is 4.68 Å². The fraction of sp³-hybridized carbons (Fsp3) is 0.692. The van der Waals surface area contributed by atoms with Crippen molar-refractivity contribution < 1.29 is 5.11 Å². The van der Waals surface area contributed by atoms with Crippen LogP contribution in [0.2, 0.25) is 5.02 Å². The van der Waals surface area contributed by atoms with Crippen molar-refractivity contribution >= 4 is 17.3 Å². The molecule has 0 amide bonds. The Balaban J connectivity index is 3.07. The molecule has 19 heavy (non-hydrogen) atoms. The van der Waals surface area contributed by atoms with Crippen molar-refractivity contribution in [2.75, 3.05) is 5.32 Å². The van der Waals surface area contributed by atoms with Gasteiger partial charge in [0.05, 0.1) is 23.5 Å². The smallest absolute Gasteiger partial charge is 0.287 e. The SMILES string of the molecule is CC(C)Cn1ncc(NC(C)(C)C(C)O)c(Cl)c1=O. The van der Waals surface area contributed by atoms with Crippen LogP contribution in [0, 0.1) is 5.92 Å². The van der Waals surface area contributed by atoms with Gasteiger partial charge in [-0.3, -0.25) is 4.79 Å². The Labute approximate surface area is 118 Å². The molecule has 2 N–H and O–H groups in total. The lowest BCUT2D eigenvalue weighted by atomic mass is 9.98. The summed E-state index contributed by atoms with van der Waals surface area (Å²) in [6.07, 6.45) is 0.928. The molecule has 0 spiro atoms. The van der Waals surface area contributed by atoms with Gasteiger partial charge in [0.2, 0.25) is 0 Å². The maximum Gasteiger partial charge on any atom is 0.287 e. The first-order valence-electron chi connectivity index (χ1n) is 6.37. The number of nitrogens with one attached hydrogen (secondary N) is 1. The van der Waals surface area contributed by atoms with Crippen LogP contribution in [0.1, 0.15) is 34.6 Å². The Morgan fingerprint density at radius 2 is 2.05 bits per heavy atom. The normalized spacial score (nSPS) is 13.7. The second kappa shape index (κ2) is 5.92. The van der Waals surface area contributed by atoms with Crippen molar-refractivity contribution in [1.29, 1.82) is 0 Å². The number of aliphatic hydroxyl groups excluding tert-OH is 1. The predicted molar refractivity (Wildman–Crippen MR) is 77.7 cm³/mol. The number of halogens is 1. The fourth-order valence-corrected chi connectivity index (χ4v) is 1.67. The van der Waals surface area contributed by atoms with Gasteiger partial charge < -0.3 is 10.4 Å². The van der Waals surface area contributed by atoms with Crippen LogP contribution in [0.15, 0.2) is 11.0 Å². The summed E-state index contributed by atoms with van der Waals surface area (Å²) in [6, 6.07) is 0. The van der Waals surface area contributed by atoms with Gasteiger partial charge >= 0.3 is 0 Å². The summed E-state index contributed by atoms with van der Waals surface area (Å²) in [5, 5.41) is 16.9. The molecule has 0 saturated heterocycles. The maximum absolute atomic E-state index is 12.0. The molecule has 1 atom stereocenters. The van der Waals surface area contributed by atoms with Crippen molar-refractivity contribution in [3.63, 3.8) is 0 Å². The molecule has 6 heteroatoms. The summed E-state index contributed by atoms with van der Waals surface area (Å²) in [4.78, 5) is 12.0. The quantitative estimate of drug-likeness (QED) is 0.870. The number of rotatable bonds is 5. The molecule has 1 heterocycles. The summed E-state index contributed by atoms with van der Waals surface area (Å²) in [7, 11) is 0. The van der Waals surface area contributed by atoms with Gasteiger partial charge in [-0.05, 0) is 26.7 Å². The Kier molecular flexibility index (Phi) is 4.98. The Hall–Kier alpha value is -1.07. The predicted octanol–water partition coefficient (Wildman–Crippen LogP) is 2.12. The number of hydrogen-bond acceptors (Lipinski definition) is 4. The van der Waals surface area contributed by atoms with Gasteiger partial charge in [0.15, 0.2) is 0 Å². The number of anilines is 1. The second-order valence-corrected chi connectivity index (χ2v) is 6.15.